The molecular formula is C23H26N4O4S. The molecule has 0 bridgehead atoms. The van der Waals surface area contributed by atoms with Gasteiger partial charge in [-0.1, -0.05) is 6.07 Å². The van der Waals surface area contributed by atoms with Crippen molar-refractivity contribution in [2.24, 2.45) is 0 Å². The number of sulfonamides is 1. The number of piperazine rings is 1. The normalized spacial score (nSPS) is 15.2. The summed E-state index contributed by atoms with van der Waals surface area (Å²) in [4.78, 5) is 21.1. The van der Waals surface area contributed by atoms with Gasteiger partial charge in [-0.2, -0.15) is 0 Å². The Balaban J connectivity index is 1.70. The lowest BCUT2D eigenvalue weighted by molar-refractivity contribution is 0.0699. The van der Waals surface area contributed by atoms with Gasteiger partial charge in [0.25, 0.3) is 10.0 Å². The number of anilines is 2. The number of carboxylic acids is 1. The van der Waals surface area contributed by atoms with Crippen LogP contribution >= 0.6 is 0 Å². The van der Waals surface area contributed by atoms with Gasteiger partial charge < -0.3 is 14.9 Å². The number of hydrogen-bond acceptors (Lipinski definition) is 6. The molecule has 1 aliphatic rings. The third kappa shape index (κ3) is 4.39. The Labute approximate surface area is 187 Å². The monoisotopic (exact) mass is 454 g/mol. The predicted octanol–water partition coefficient (Wildman–Crippen LogP) is 3.10. The maximum absolute atomic E-state index is 12.9. The molecule has 0 aliphatic carbocycles. The van der Waals surface area contributed by atoms with Crippen molar-refractivity contribution >= 4 is 38.4 Å². The zero-order valence-corrected chi connectivity index (χ0v) is 19.1. The van der Waals surface area contributed by atoms with Crippen LogP contribution in [0.1, 0.15) is 21.5 Å². The van der Waals surface area contributed by atoms with Crippen LogP contribution in [0.4, 0.5) is 11.5 Å². The molecule has 0 saturated carbocycles. The number of fused-ring (bicyclic) bond motifs is 1. The fourth-order valence-electron chi connectivity index (χ4n) is 3.74. The van der Waals surface area contributed by atoms with E-state index in [1.807, 2.05) is 20.9 Å². The van der Waals surface area contributed by atoms with E-state index in [-0.39, 0.29) is 16.1 Å². The molecule has 2 aromatic carbocycles. The van der Waals surface area contributed by atoms with Crippen LogP contribution in [0.2, 0.25) is 0 Å². The van der Waals surface area contributed by atoms with Gasteiger partial charge in [-0.05, 0) is 68.4 Å². The SMILES string of the molecule is Cc1ccc(S(=O)(=O)Nc2ccc3nc(N4CCN(C)CC4)cc(C(=O)O)c3c2)cc1C. The summed E-state index contributed by atoms with van der Waals surface area (Å²) >= 11 is 0. The van der Waals surface area contributed by atoms with Gasteiger partial charge in [-0.3, -0.25) is 4.72 Å². The number of benzene rings is 2. The van der Waals surface area contributed by atoms with Gasteiger partial charge in [-0.15, -0.1) is 0 Å². The van der Waals surface area contributed by atoms with E-state index in [0.717, 1.165) is 37.3 Å². The lowest BCUT2D eigenvalue weighted by Crippen LogP contribution is -2.44. The second-order valence-electron chi connectivity index (χ2n) is 8.21. The Kier molecular flexibility index (Phi) is 5.79. The molecule has 9 heteroatoms. The van der Waals surface area contributed by atoms with E-state index < -0.39 is 16.0 Å². The molecule has 3 aromatic rings. The molecule has 0 spiro atoms. The average Bonchev–Trinajstić information content (AvgIpc) is 2.75. The maximum atomic E-state index is 12.9. The number of carboxylic acid groups (broad SMARTS) is 1. The van der Waals surface area contributed by atoms with Crippen molar-refractivity contribution in [3.05, 3.63) is 59.2 Å². The molecule has 4 rings (SSSR count). The quantitative estimate of drug-likeness (QED) is 0.611. The summed E-state index contributed by atoms with van der Waals surface area (Å²) in [6, 6.07) is 11.3. The van der Waals surface area contributed by atoms with Crippen molar-refractivity contribution in [3.63, 3.8) is 0 Å². The summed E-state index contributed by atoms with van der Waals surface area (Å²) in [5.41, 5.74) is 2.76. The largest absolute Gasteiger partial charge is 0.478 e. The van der Waals surface area contributed by atoms with E-state index in [4.69, 9.17) is 0 Å². The van der Waals surface area contributed by atoms with E-state index in [2.05, 4.69) is 19.5 Å². The number of aromatic carboxylic acids is 1. The van der Waals surface area contributed by atoms with Crippen LogP contribution < -0.4 is 9.62 Å². The van der Waals surface area contributed by atoms with Crippen molar-refractivity contribution in [1.82, 2.24) is 9.88 Å². The van der Waals surface area contributed by atoms with Gasteiger partial charge in [0, 0.05) is 37.3 Å². The molecule has 1 saturated heterocycles. The zero-order valence-electron chi connectivity index (χ0n) is 18.3. The molecule has 168 valence electrons. The van der Waals surface area contributed by atoms with Crippen LogP contribution in [0, 0.1) is 13.8 Å². The summed E-state index contributed by atoms with van der Waals surface area (Å²) in [6.45, 7) is 7.05. The number of nitrogens with one attached hydrogen (secondary N) is 1. The third-order valence-corrected chi connectivity index (χ3v) is 7.27. The van der Waals surface area contributed by atoms with E-state index in [1.165, 1.54) is 6.07 Å². The minimum Gasteiger partial charge on any atom is -0.478 e. The van der Waals surface area contributed by atoms with Crippen LogP contribution in [0.5, 0.6) is 0 Å². The summed E-state index contributed by atoms with van der Waals surface area (Å²) in [5.74, 6) is -0.464. The number of aromatic nitrogens is 1. The lowest BCUT2D eigenvalue weighted by Gasteiger charge is -2.33. The molecule has 0 atom stereocenters. The number of hydrogen-bond donors (Lipinski definition) is 2. The number of likely N-dealkylation sites (N-methyl/N-ethyl adjacent to an activating group) is 1. The standard InChI is InChI=1S/C23H26N4O4S/c1-15-4-6-18(12-16(15)2)32(30,31)25-17-5-7-21-19(13-17)20(23(28)29)14-22(24-21)27-10-8-26(3)9-11-27/h4-7,12-14,25H,8-11H2,1-3H3,(H,28,29). The molecule has 0 unspecified atom stereocenters. The van der Waals surface area contributed by atoms with E-state index >= 15 is 0 Å². The van der Waals surface area contributed by atoms with Crippen molar-refractivity contribution in [2.75, 3.05) is 42.8 Å². The number of rotatable bonds is 5. The van der Waals surface area contributed by atoms with Crippen molar-refractivity contribution in [2.45, 2.75) is 18.7 Å². The first-order valence-corrected chi connectivity index (χ1v) is 11.8. The zero-order chi connectivity index (χ0) is 23.0. The second-order valence-corrected chi connectivity index (χ2v) is 9.89. The third-order valence-electron chi connectivity index (χ3n) is 5.89. The molecule has 32 heavy (non-hydrogen) atoms. The summed E-state index contributed by atoms with van der Waals surface area (Å²) in [7, 11) is -1.77. The number of nitrogens with zero attached hydrogens (tertiary/aromatic N) is 3. The van der Waals surface area contributed by atoms with Gasteiger partial charge in [0.1, 0.15) is 5.82 Å². The Morgan fingerprint density at radius 1 is 1.00 bits per heavy atom. The Morgan fingerprint density at radius 3 is 2.38 bits per heavy atom. The molecular weight excluding hydrogens is 428 g/mol. The molecule has 0 radical (unpaired) electrons. The summed E-state index contributed by atoms with van der Waals surface area (Å²) < 4.78 is 28.3. The molecule has 1 aromatic heterocycles. The summed E-state index contributed by atoms with van der Waals surface area (Å²) in [6.07, 6.45) is 0. The van der Waals surface area contributed by atoms with Gasteiger partial charge in [0.15, 0.2) is 0 Å². The molecule has 2 N–H and O–H groups in total. The topological polar surface area (TPSA) is 103 Å². The van der Waals surface area contributed by atoms with Gasteiger partial charge in [0.2, 0.25) is 0 Å². The first kappa shape index (κ1) is 22.0. The number of carbonyl (C=O) groups is 1. The highest BCUT2D eigenvalue weighted by Gasteiger charge is 2.20. The van der Waals surface area contributed by atoms with Crippen molar-refractivity contribution in [1.29, 1.82) is 0 Å². The van der Waals surface area contributed by atoms with Crippen molar-refractivity contribution in [3.8, 4) is 0 Å². The van der Waals surface area contributed by atoms with E-state index in [1.54, 1.807) is 36.4 Å². The van der Waals surface area contributed by atoms with Crippen LogP contribution in [-0.4, -0.2) is 62.6 Å². The highest BCUT2D eigenvalue weighted by molar-refractivity contribution is 7.92. The van der Waals surface area contributed by atoms with Crippen molar-refractivity contribution < 1.29 is 18.3 Å². The molecule has 0 amide bonds. The van der Waals surface area contributed by atoms with Crippen LogP contribution in [0.25, 0.3) is 10.9 Å². The Hall–Kier alpha value is -3.17. The van der Waals surface area contributed by atoms with Crippen LogP contribution in [0.15, 0.2) is 47.4 Å². The Morgan fingerprint density at radius 2 is 1.72 bits per heavy atom. The fourth-order valence-corrected chi connectivity index (χ4v) is 4.88. The van der Waals surface area contributed by atoms with Crippen LogP contribution in [0.3, 0.4) is 0 Å². The maximum Gasteiger partial charge on any atom is 0.336 e. The lowest BCUT2D eigenvalue weighted by atomic mass is 10.1. The molecule has 2 heterocycles. The minimum atomic E-state index is -3.82. The highest BCUT2D eigenvalue weighted by atomic mass is 32.2. The minimum absolute atomic E-state index is 0.0937. The fraction of sp³-hybridized carbons (Fsp3) is 0.304. The van der Waals surface area contributed by atoms with Crippen LogP contribution in [-0.2, 0) is 10.0 Å². The number of aryl methyl sites for hydroxylation is 2. The Bertz CT molecular complexity index is 1300. The van der Waals surface area contributed by atoms with Gasteiger partial charge in [0.05, 0.1) is 16.0 Å². The molecule has 8 nitrogen and oxygen atoms in total. The first-order valence-electron chi connectivity index (χ1n) is 10.4. The van der Waals surface area contributed by atoms with E-state index in [9.17, 15) is 18.3 Å². The second kappa shape index (κ2) is 8.40. The predicted molar refractivity (Wildman–Crippen MR) is 125 cm³/mol. The van der Waals surface area contributed by atoms with Gasteiger partial charge >= 0.3 is 5.97 Å². The number of pyridine rings is 1. The molecule has 1 fully saturated rings. The average molecular weight is 455 g/mol. The molecule has 1 aliphatic heterocycles. The summed E-state index contributed by atoms with van der Waals surface area (Å²) in [5, 5.41) is 10.2. The smallest absolute Gasteiger partial charge is 0.336 e. The highest BCUT2D eigenvalue weighted by Crippen LogP contribution is 2.28. The first-order chi connectivity index (χ1) is 15.1. The van der Waals surface area contributed by atoms with Gasteiger partial charge in [-0.25, -0.2) is 18.2 Å². The van der Waals surface area contributed by atoms with E-state index in [0.29, 0.717) is 16.7 Å².